The predicted octanol–water partition coefficient (Wildman–Crippen LogP) is 6.94. The molecule has 0 unspecified atom stereocenters. The number of fused-ring (bicyclic) bond motifs is 1. The van der Waals surface area contributed by atoms with Gasteiger partial charge in [0.1, 0.15) is 17.9 Å². The lowest BCUT2D eigenvalue weighted by molar-refractivity contribution is -0.138. The highest BCUT2D eigenvalue weighted by Gasteiger charge is 2.39. The van der Waals surface area contributed by atoms with Gasteiger partial charge in [-0.05, 0) is 67.0 Å². The highest BCUT2D eigenvalue weighted by Crippen LogP contribution is 2.43. The van der Waals surface area contributed by atoms with E-state index in [1.807, 2.05) is 0 Å². The zero-order valence-electron chi connectivity index (χ0n) is 18.6. The van der Waals surface area contributed by atoms with Gasteiger partial charge in [-0.25, -0.2) is 4.79 Å². The van der Waals surface area contributed by atoms with Crippen molar-refractivity contribution in [3.8, 4) is 5.75 Å². The number of cyclic esters (lactones) is 1. The second-order valence-electron chi connectivity index (χ2n) is 9.31. The molecule has 1 saturated carbocycles. The van der Waals surface area contributed by atoms with E-state index in [1.165, 1.54) is 31.4 Å². The van der Waals surface area contributed by atoms with Crippen molar-refractivity contribution in [1.82, 2.24) is 5.32 Å². The van der Waals surface area contributed by atoms with E-state index in [0.717, 1.165) is 25.7 Å². The molecule has 1 N–H and O–H groups in total. The van der Waals surface area contributed by atoms with Gasteiger partial charge in [-0.15, -0.1) is 0 Å². The van der Waals surface area contributed by atoms with Gasteiger partial charge in [-0.1, -0.05) is 44.4 Å². The fraction of sp³-hybridized carbons (Fsp3) is 0.560. The Bertz CT molecular complexity index is 982. The number of alkyl carbamates (subject to hydrolysis) is 1. The third kappa shape index (κ3) is 4.66. The summed E-state index contributed by atoms with van der Waals surface area (Å²) in [6.45, 7) is 4.09. The third-order valence-corrected chi connectivity index (χ3v) is 6.83. The molecule has 2 aromatic carbocycles. The van der Waals surface area contributed by atoms with Gasteiger partial charge in [0.05, 0.1) is 11.6 Å². The molecule has 0 bridgehead atoms. The summed E-state index contributed by atoms with van der Waals surface area (Å²) in [4.78, 5) is 11.5. The molecule has 1 amide bonds. The number of hydrogen-bond acceptors (Lipinski definition) is 3. The molecule has 2 aliphatic rings. The number of unbranched alkanes of at least 4 members (excludes halogenated alkanes) is 1. The van der Waals surface area contributed by atoms with Crippen LogP contribution in [0, 0.1) is 5.92 Å². The van der Waals surface area contributed by atoms with Gasteiger partial charge in [0, 0.05) is 0 Å². The summed E-state index contributed by atoms with van der Waals surface area (Å²) in [7, 11) is 0. The van der Waals surface area contributed by atoms with Gasteiger partial charge in [-0.2, -0.15) is 13.2 Å². The zero-order valence-corrected chi connectivity index (χ0v) is 18.6. The van der Waals surface area contributed by atoms with Crippen LogP contribution in [0.3, 0.4) is 0 Å². The topological polar surface area (TPSA) is 47.6 Å². The standard InChI is InChI=1S/C25H30F3NO3/c1-3-4-5-16-6-10-19(11-7-16)32-21-13-8-17-14-18(24(2)15-31-23(30)29-24)9-12-20(17)22(21)25(26,27)28/h8-9,12-14,16,19H,3-7,10-11,15H2,1-2H3,(H,29,30)/t16?,19?,24-/m0/s1. The predicted molar refractivity (Wildman–Crippen MR) is 117 cm³/mol. The van der Waals surface area contributed by atoms with Crippen LogP contribution in [0.15, 0.2) is 30.3 Å². The summed E-state index contributed by atoms with van der Waals surface area (Å²) < 4.78 is 53.3. The first-order chi connectivity index (χ1) is 15.2. The smallest absolute Gasteiger partial charge is 0.420 e. The van der Waals surface area contributed by atoms with E-state index >= 15 is 0 Å². The third-order valence-electron chi connectivity index (χ3n) is 6.83. The number of hydrogen-bond donors (Lipinski definition) is 1. The Morgan fingerprint density at radius 1 is 1.16 bits per heavy atom. The van der Waals surface area contributed by atoms with E-state index in [2.05, 4.69) is 12.2 Å². The lowest BCUT2D eigenvalue weighted by atomic mass is 9.84. The lowest BCUT2D eigenvalue weighted by Gasteiger charge is -2.30. The summed E-state index contributed by atoms with van der Waals surface area (Å²) in [6.07, 6.45) is 1.92. The minimum absolute atomic E-state index is 0.0986. The van der Waals surface area contributed by atoms with Crippen LogP contribution in [0.2, 0.25) is 0 Å². The Labute approximate surface area is 186 Å². The minimum Gasteiger partial charge on any atom is -0.490 e. The van der Waals surface area contributed by atoms with E-state index in [0.29, 0.717) is 16.9 Å². The monoisotopic (exact) mass is 449 g/mol. The molecule has 0 radical (unpaired) electrons. The molecular weight excluding hydrogens is 419 g/mol. The molecule has 0 spiro atoms. The van der Waals surface area contributed by atoms with Crippen molar-refractivity contribution in [2.75, 3.05) is 6.61 Å². The van der Waals surface area contributed by atoms with Crippen molar-refractivity contribution in [2.24, 2.45) is 5.92 Å². The zero-order chi connectivity index (χ0) is 22.9. The van der Waals surface area contributed by atoms with E-state index < -0.39 is 23.4 Å². The van der Waals surface area contributed by atoms with Crippen LogP contribution in [-0.2, 0) is 16.5 Å². The molecule has 1 aliphatic heterocycles. The van der Waals surface area contributed by atoms with E-state index in [-0.39, 0.29) is 23.8 Å². The van der Waals surface area contributed by atoms with Gasteiger partial charge < -0.3 is 14.8 Å². The van der Waals surface area contributed by atoms with E-state index in [9.17, 15) is 18.0 Å². The van der Waals surface area contributed by atoms with Crippen molar-refractivity contribution < 1.29 is 27.4 Å². The molecule has 1 saturated heterocycles. The second kappa shape index (κ2) is 8.83. The largest absolute Gasteiger partial charge is 0.490 e. The molecule has 2 aromatic rings. The van der Waals surface area contributed by atoms with Gasteiger partial charge >= 0.3 is 12.3 Å². The maximum atomic E-state index is 14.1. The normalized spacial score (nSPS) is 26.1. The number of carbonyl (C=O) groups excluding carboxylic acids is 1. The van der Waals surface area contributed by atoms with E-state index in [4.69, 9.17) is 9.47 Å². The number of carbonyl (C=O) groups is 1. The average molecular weight is 450 g/mol. The molecule has 7 heteroatoms. The van der Waals surface area contributed by atoms with Gasteiger partial charge in [-0.3, -0.25) is 0 Å². The van der Waals surface area contributed by atoms with E-state index in [1.54, 1.807) is 25.1 Å². The van der Waals surface area contributed by atoms with Gasteiger partial charge in [0.2, 0.25) is 0 Å². The van der Waals surface area contributed by atoms with Crippen LogP contribution >= 0.6 is 0 Å². The van der Waals surface area contributed by atoms with Crippen LogP contribution in [0.1, 0.15) is 69.9 Å². The molecule has 0 aromatic heterocycles. The number of alkyl halides is 3. The molecule has 1 atom stereocenters. The molecule has 1 heterocycles. The molecule has 1 aliphatic carbocycles. The minimum atomic E-state index is -4.54. The Kier molecular flexibility index (Phi) is 6.28. The lowest BCUT2D eigenvalue weighted by Crippen LogP contribution is -2.37. The summed E-state index contributed by atoms with van der Waals surface area (Å²) in [6, 6.07) is 7.87. The number of halogens is 3. The van der Waals surface area contributed by atoms with Gasteiger partial charge in [0.25, 0.3) is 0 Å². The van der Waals surface area contributed by atoms with Crippen molar-refractivity contribution >= 4 is 16.9 Å². The summed E-state index contributed by atoms with van der Waals surface area (Å²) in [5.74, 6) is 0.562. The highest BCUT2D eigenvalue weighted by atomic mass is 19.4. The van der Waals surface area contributed by atoms with Gasteiger partial charge in [0.15, 0.2) is 0 Å². The maximum absolute atomic E-state index is 14.1. The van der Waals surface area contributed by atoms with Crippen molar-refractivity contribution in [3.63, 3.8) is 0 Å². The molecule has 4 rings (SSSR count). The number of amides is 1. The Morgan fingerprint density at radius 2 is 1.91 bits per heavy atom. The first-order valence-corrected chi connectivity index (χ1v) is 11.5. The average Bonchev–Trinajstić information content (AvgIpc) is 3.11. The van der Waals surface area contributed by atoms with Crippen LogP contribution in [0.5, 0.6) is 5.75 Å². The summed E-state index contributed by atoms with van der Waals surface area (Å²) in [5, 5.41) is 3.28. The first-order valence-electron chi connectivity index (χ1n) is 11.5. The van der Waals surface area contributed by atoms with Crippen LogP contribution < -0.4 is 10.1 Å². The second-order valence-corrected chi connectivity index (χ2v) is 9.31. The SMILES string of the molecule is CCCCC1CCC(Oc2ccc3cc([C@]4(C)COC(=O)N4)ccc3c2C(F)(F)F)CC1. The maximum Gasteiger partial charge on any atom is 0.420 e. The van der Waals surface area contributed by atoms with Crippen molar-refractivity contribution in [1.29, 1.82) is 0 Å². The van der Waals surface area contributed by atoms with Crippen LogP contribution in [0.25, 0.3) is 10.8 Å². The molecule has 2 fully saturated rings. The fourth-order valence-corrected chi connectivity index (χ4v) is 4.92. The quantitative estimate of drug-likeness (QED) is 0.520. The Hall–Kier alpha value is -2.44. The summed E-state index contributed by atoms with van der Waals surface area (Å²) in [5.41, 5.74) is -0.801. The molecule has 4 nitrogen and oxygen atoms in total. The molecule has 32 heavy (non-hydrogen) atoms. The molecule has 174 valence electrons. The number of rotatable bonds is 6. The Balaban J connectivity index is 1.60. The van der Waals surface area contributed by atoms with Crippen LogP contribution in [-0.4, -0.2) is 18.8 Å². The number of nitrogens with one attached hydrogen (secondary N) is 1. The first kappa shape index (κ1) is 22.7. The van der Waals surface area contributed by atoms with Crippen molar-refractivity contribution in [2.45, 2.75) is 76.6 Å². The van der Waals surface area contributed by atoms with Crippen molar-refractivity contribution in [3.05, 3.63) is 41.5 Å². The van der Waals surface area contributed by atoms with Crippen LogP contribution in [0.4, 0.5) is 18.0 Å². The number of benzene rings is 2. The molecular formula is C25H30F3NO3. The Morgan fingerprint density at radius 3 is 2.53 bits per heavy atom. The highest BCUT2D eigenvalue weighted by molar-refractivity contribution is 5.89. The fourth-order valence-electron chi connectivity index (χ4n) is 4.92. The summed E-state index contributed by atoms with van der Waals surface area (Å²) >= 11 is 0. The number of ether oxygens (including phenoxy) is 2.